The first-order valence-corrected chi connectivity index (χ1v) is 5.76. The monoisotopic (exact) mass is 204 g/mol. The van der Waals surface area contributed by atoms with E-state index in [0.717, 1.165) is 0 Å². The van der Waals surface area contributed by atoms with Gasteiger partial charge in [-0.25, -0.2) is 8.42 Å². The van der Waals surface area contributed by atoms with Crippen molar-refractivity contribution in [3.8, 4) is 0 Å². The molecule has 6 heteroatoms. The number of hydrogen-bond donors (Lipinski definition) is 0. The third-order valence-electron chi connectivity index (χ3n) is 0.584. The second kappa shape index (κ2) is 3.26. The minimum Gasteiger partial charge on any atom is -0.211 e. The van der Waals surface area contributed by atoms with E-state index in [1.165, 1.54) is 0 Å². The molecule has 0 saturated heterocycles. The van der Waals surface area contributed by atoms with E-state index >= 15 is 0 Å². The van der Waals surface area contributed by atoms with Crippen LogP contribution in [0.3, 0.4) is 0 Å². The maximum Gasteiger partial charge on any atom is 0.346 e. The van der Waals surface area contributed by atoms with Gasteiger partial charge >= 0.3 is 5.76 Å². The molecule has 0 amide bonds. The Morgan fingerprint density at radius 1 is 1.27 bits per heavy atom. The standard InChI is InChI=1S/C5H10F2O2S2/c1-5(2,3)10-11(8,9)4(6)7/h4H,1-3H3. The van der Waals surface area contributed by atoms with Gasteiger partial charge in [0, 0.05) is 4.75 Å². The third-order valence-corrected chi connectivity index (χ3v) is 4.39. The molecule has 0 aliphatic rings. The van der Waals surface area contributed by atoms with E-state index in [-0.39, 0.29) is 10.8 Å². The topological polar surface area (TPSA) is 34.1 Å². The minimum atomic E-state index is -4.27. The zero-order chi connectivity index (χ0) is 9.28. The third kappa shape index (κ3) is 4.58. The smallest absolute Gasteiger partial charge is 0.211 e. The molecule has 0 radical (unpaired) electrons. The summed E-state index contributed by atoms with van der Waals surface area (Å²) in [6.45, 7) is 4.70. The number of halogens is 2. The molecule has 68 valence electrons. The molecule has 0 aromatic heterocycles. The van der Waals surface area contributed by atoms with Crippen LogP contribution in [-0.2, 0) is 8.87 Å². The van der Waals surface area contributed by atoms with Crippen molar-refractivity contribution in [3.05, 3.63) is 0 Å². The van der Waals surface area contributed by atoms with Gasteiger partial charge in [0.25, 0.3) is 8.87 Å². The number of rotatable bonds is 2. The molecule has 2 nitrogen and oxygen atoms in total. The molecule has 0 saturated carbocycles. The molecule has 11 heavy (non-hydrogen) atoms. The Bertz CT molecular complexity index is 215. The second-order valence-corrected chi connectivity index (χ2v) is 7.58. The Kier molecular flexibility index (Phi) is 3.31. The van der Waals surface area contributed by atoms with Gasteiger partial charge in [-0.05, 0) is 31.6 Å². The van der Waals surface area contributed by atoms with Crippen LogP contribution in [0.5, 0.6) is 0 Å². The predicted octanol–water partition coefficient (Wildman–Crippen LogP) is 2.07. The molecule has 0 aliphatic heterocycles. The molecule has 0 aromatic rings. The van der Waals surface area contributed by atoms with Crippen LogP contribution in [0.15, 0.2) is 0 Å². The van der Waals surface area contributed by atoms with Crippen LogP contribution in [-0.4, -0.2) is 18.9 Å². The first-order valence-electron chi connectivity index (χ1n) is 2.88. The van der Waals surface area contributed by atoms with E-state index < -0.39 is 19.4 Å². The Morgan fingerprint density at radius 2 is 1.64 bits per heavy atom. The quantitative estimate of drug-likeness (QED) is 0.646. The summed E-state index contributed by atoms with van der Waals surface area (Å²) in [5.74, 6) is -3.29. The molecule has 0 fully saturated rings. The summed E-state index contributed by atoms with van der Waals surface area (Å²) in [5.41, 5.74) is 0. The van der Waals surface area contributed by atoms with Crippen LogP contribution >= 0.6 is 10.8 Å². The average molecular weight is 204 g/mol. The summed E-state index contributed by atoms with van der Waals surface area (Å²) < 4.78 is 43.9. The molecule has 0 heterocycles. The molecule has 0 N–H and O–H groups in total. The zero-order valence-corrected chi connectivity index (χ0v) is 8.10. The molecule has 0 spiro atoms. The van der Waals surface area contributed by atoms with E-state index in [4.69, 9.17) is 0 Å². The molecule has 0 aliphatic carbocycles. The average Bonchev–Trinajstić information content (AvgIpc) is 1.56. The van der Waals surface area contributed by atoms with E-state index in [1.54, 1.807) is 20.8 Å². The first kappa shape index (κ1) is 11.2. The van der Waals surface area contributed by atoms with Gasteiger partial charge in [0.15, 0.2) is 0 Å². The lowest BCUT2D eigenvalue weighted by molar-refractivity contribution is 0.238. The summed E-state index contributed by atoms with van der Waals surface area (Å²) in [6, 6.07) is 0. The van der Waals surface area contributed by atoms with Crippen molar-refractivity contribution >= 4 is 19.7 Å². The van der Waals surface area contributed by atoms with Crippen molar-refractivity contribution in [2.75, 3.05) is 0 Å². The van der Waals surface area contributed by atoms with Crippen molar-refractivity contribution in [1.29, 1.82) is 0 Å². The highest BCUT2D eigenvalue weighted by Gasteiger charge is 2.30. The lowest BCUT2D eigenvalue weighted by Gasteiger charge is -2.15. The molecule has 0 rings (SSSR count). The highest BCUT2D eigenvalue weighted by atomic mass is 33.1. The highest BCUT2D eigenvalue weighted by molar-refractivity contribution is 8.72. The van der Waals surface area contributed by atoms with Crippen LogP contribution in [0.4, 0.5) is 8.78 Å². The van der Waals surface area contributed by atoms with E-state index in [0.29, 0.717) is 0 Å². The van der Waals surface area contributed by atoms with Gasteiger partial charge in [0.2, 0.25) is 0 Å². The normalized spacial score (nSPS) is 14.0. The molecular formula is C5H10F2O2S2. The van der Waals surface area contributed by atoms with Crippen molar-refractivity contribution < 1.29 is 17.2 Å². The summed E-state index contributed by atoms with van der Waals surface area (Å²) in [4.78, 5) is 0. The maximum absolute atomic E-state index is 11.7. The van der Waals surface area contributed by atoms with Crippen molar-refractivity contribution in [2.45, 2.75) is 31.3 Å². The molecule has 0 atom stereocenters. The Morgan fingerprint density at radius 3 is 1.73 bits per heavy atom. The molecule has 0 bridgehead atoms. The second-order valence-electron chi connectivity index (χ2n) is 2.95. The summed E-state index contributed by atoms with van der Waals surface area (Å²) in [5, 5.41) is 0. The van der Waals surface area contributed by atoms with Crippen molar-refractivity contribution in [3.63, 3.8) is 0 Å². The number of hydrogen-bond acceptors (Lipinski definition) is 3. The molecule has 0 unspecified atom stereocenters. The van der Waals surface area contributed by atoms with Crippen LogP contribution in [0.2, 0.25) is 0 Å². The lowest BCUT2D eigenvalue weighted by Crippen LogP contribution is -2.16. The van der Waals surface area contributed by atoms with Gasteiger partial charge < -0.3 is 0 Å². The lowest BCUT2D eigenvalue weighted by atomic mass is 10.3. The van der Waals surface area contributed by atoms with Crippen LogP contribution in [0.25, 0.3) is 0 Å². The Hall–Kier alpha value is 0.160. The fraction of sp³-hybridized carbons (Fsp3) is 1.00. The van der Waals surface area contributed by atoms with Gasteiger partial charge in [-0.3, -0.25) is 0 Å². The van der Waals surface area contributed by atoms with Gasteiger partial charge in [-0.2, -0.15) is 8.78 Å². The minimum absolute atomic E-state index is 0.289. The SMILES string of the molecule is CC(C)(C)SS(=O)(=O)C(F)F. The predicted molar refractivity (Wildman–Crippen MR) is 42.3 cm³/mol. The number of alkyl halides is 2. The molecule has 0 aromatic carbocycles. The highest BCUT2D eigenvalue weighted by Crippen LogP contribution is 2.32. The summed E-state index contributed by atoms with van der Waals surface area (Å²) >= 11 is 0. The fourth-order valence-corrected chi connectivity index (χ4v) is 3.46. The molecular weight excluding hydrogens is 194 g/mol. The van der Waals surface area contributed by atoms with Crippen LogP contribution in [0, 0.1) is 0 Å². The maximum atomic E-state index is 11.7. The van der Waals surface area contributed by atoms with E-state index in [9.17, 15) is 17.2 Å². The van der Waals surface area contributed by atoms with Gasteiger partial charge in [0.1, 0.15) is 0 Å². The largest absolute Gasteiger partial charge is 0.346 e. The van der Waals surface area contributed by atoms with Gasteiger partial charge in [0.05, 0.1) is 0 Å². The summed E-state index contributed by atoms with van der Waals surface area (Å²) in [6.07, 6.45) is 0. The fourth-order valence-electron chi connectivity index (χ4n) is 0.385. The van der Waals surface area contributed by atoms with Crippen LogP contribution in [0.1, 0.15) is 20.8 Å². The van der Waals surface area contributed by atoms with E-state index in [2.05, 4.69) is 0 Å². The zero-order valence-electron chi connectivity index (χ0n) is 6.47. The van der Waals surface area contributed by atoms with Crippen molar-refractivity contribution in [1.82, 2.24) is 0 Å². The van der Waals surface area contributed by atoms with Crippen LogP contribution < -0.4 is 0 Å². The van der Waals surface area contributed by atoms with Gasteiger partial charge in [-0.1, -0.05) is 0 Å². The first-order chi connectivity index (χ1) is 4.65. The van der Waals surface area contributed by atoms with Gasteiger partial charge in [-0.15, -0.1) is 0 Å². The van der Waals surface area contributed by atoms with Crippen molar-refractivity contribution in [2.24, 2.45) is 0 Å². The Labute approximate surface area is 68.7 Å². The Balaban J connectivity index is 4.40. The summed E-state index contributed by atoms with van der Waals surface area (Å²) in [7, 11) is -3.98. The van der Waals surface area contributed by atoms with E-state index in [1.807, 2.05) is 0 Å².